The molecule has 27 heavy (non-hydrogen) atoms. The minimum absolute atomic E-state index is 0. The molecule has 152 valence electrons. The van der Waals surface area contributed by atoms with Gasteiger partial charge in [0.2, 0.25) is 5.91 Å². The van der Waals surface area contributed by atoms with Crippen molar-refractivity contribution in [2.45, 2.75) is 26.3 Å². The molecule has 6 nitrogen and oxygen atoms in total. The molecule has 1 saturated heterocycles. The van der Waals surface area contributed by atoms with Crippen LogP contribution in [-0.2, 0) is 4.79 Å². The van der Waals surface area contributed by atoms with E-state index in [0.717, 1.165) is 39.1 Å². The van der Waals surface area contributed by atoms with E-state index in [1.807, 2.05) is 13.8 Å². The molecule has 0 bridgehead atoms. The number of rotatable bonds is 8. The highest BCUT2D eigenvalue weighted by atomic mass is 35.5. The highest BCUT2D eigenvalue weighted by molar-refractivity contribution is 6.30. The van der Waals surface area contributed by atoms with E-state index in [4.69, 9.17) is 11.6 Å². The van der Waals surface area contributed by atoms with Crippen LogP contribution in [0.15, 0.2) is 24.3 Å². The molecule has 0 radical (unpaired) electrons. The first kappa shape index (κ1) is 23.7. The SMILES string of the molecule is CC(C)C(NC(=O)c1ccc(Cl)cc1)C(=O)NCCCN1CCNCC1.Cl. The molecule has 1 heterocycles. The molecule has 0 aliphatic carbocycles. The van der Waals surface area contributed by atoms with Crippen LogP contribution < -0.4 is 16.0 Å². The lowest BCUT2D eigenvalue weighted by Gasteiger charge is -2.27. The van der Waals surface area contributed by atoms with Gasteiger partial charge in [-0.3, -0.25) is 9.59 Å². The van der Waals surface area contributed by atoms with Crippen LogP contribution in [0.1, 0.15) is 30.6 Å². The zero-order valence-corrected chi connectivity index (χ0v) is 17.5. The Kier molecular flexibility index (Phi) is 10.7. The maximum Gasteiger partial charge on any atom is 0.251 e. The van der Waals surface area contributed by atoms with Crippen molar-refractivity contribution in [1.29, 1.82) is 0 Å². The van der Waals surface area contributed by atoms with Crippen LogP contribution in [0.25, 0.3) is 0 Å². The average Bonchev–Trinajstić information content (AvgIpc) is 2.64. The van der Waals surface area contributed by atoms with Crippen molar-refractivity contribution >= 4 is 35.8 Å². The quantitative estimate of drug-likeness (QED) is 0.566. The van der Waals surface area contributed by atoms with Gasteiger partial charge in [-0.15, -0.1) is 12.4 Å². The molecular weight excluding hydrogens is 387 g/mol. The van der Waals surface area contributed by atoms with Gasteiger partial charge in [0.15, 0.2) is 0 Å². The maximum atomic E-state index is 12.5. The van der Waals surface area contributed by atoms with Gasteiger partial charge in [-0.25, -0.2) is 0 Å². The summed E-state index contributed by atoms with van der Waals surface area (Å²) in [5.41, 5.74) is 0.492. The summed E-state index contributed by atoms with van der Waals surface area (Å²) in [5, 5.41) is 9.68. The molecule has 1 aromatic carbocycles. The Morgan fingerprint density at radius 2 is 1.81 bits per heavy atom. The molecule has 1 atom stereocenters. The van der Waals surface area contributed by atoms with Crippen molar-refractivity contribution in [3.05, 3.63) is 34.9 Å². The lowest BCUT2D eigenvalue weighted by atomic mass is 10.0. The molecule has 0 saturated carbocycles. The van der Waals surface area contributed by atoms with Crippen LogP contribution in [0.3, 0.4) is 0 Å². The first-order valence-corrected chi connectivity index (χ1v) is 9.62. The Bertz CT molecular complexity index is 590. The predicted molar refractivity (Wildman–Crippen MR) is 112 cm³/mol. The minimum Gasteiger partial charge on any atom is -0.354 e. The van der Waals surface area contributed by atoms with Gasteiger partial charge in [0, 0.05) is 43.3 Å². The molecule has 2 amide bonds. The third kappa shape index (κ3) is 8.05. The number of halogens is 2. The van der Waals surface area contributed by atoms with E-state index in [9.17, 15) is 9.59 Å². The number of nitrogens with one attached hydrogen (secondary N) is 3. The van der Waals surface area contributed by atoms with Crippen LogP contribution >= 0.6 is 24.0 Å². The zero-order chi connectivity index (χ0) is 18.9. The third-order valence-electron chi connectivity index (χ3n) is 4.50. The lowest BCUT2D eigenvalue weighted by molar-refractivity contribution is -0.123. The van der Waals surface area contributed by atoms with Gasteiger partial charge in [0.1, 0.15) is 6.04 Å². The second-order valence-corrected chi connectivity index (χ2v) is 7.37. The first-order chi connectivity index (χ1) is 12.5. The van der Waals surface area contributed by atoms with Gasteiger partial charge in [0.25, 0.3) is 5.91 Å². The molecular formula is C19H30Cl2N4O2. The fourth-order valence-corrected chi connectivity index (χ4v) is 3.05. The van der Waals surface area contributed by atoms with E-state index >= 15 is 0 Å². The Hall–Kier alpha value is -1.34. The van der Waals surface area contributed by atoms with Crippen molar-refractivity contribution in [3.8, 4) is 0 Å². The zero-order valence-electron chi connectivity index (χ0n) is 16.0. The van der Waals surface area contributed by atoms with E-state index in [1.165, 1.54) is 0 Å². The molecule has 1 fully saturated rings. The highest BCUT2D eigenvalue weighted by Crippen LogP contribution is 2.10. The Morgan fingerprint density at radius 1 is 1.19 bits per heavy atom. The number of hydrogen-bond donors (Lipinski definition) is 3. The van der Waals surface area contributed by atoms with Crippen LogP contribution in [0, 0.1) is 5.92 Å². The summed E-state index contributed by atoms with van der Waals surface area (Å²) in [6.07, 6.45) is 0.904. The summed E-state index contributed by atoms with van der Waals surface area (Å²) in [6, 6.07) is 6.08. The standard InChI is InChI=1S/C19H29ClN4O2.ClH/c1-14(2)17(23-18(25)15-4-6-16(20)7-5-15)19(26)22-8-3-11-24-12-9-21-10-13-24;/h4-7,14,17,21H,3,8-13H2,1-2H3,(H,22,26)(H,23,25);1H. The molecule has 3 N–H and O–H groups in total. The molecule has 8 heteroatoms. The Balaban J connectivity index is 0.00000364. The summed E-state index contributed by atoms with van der Waals surface area (Å²) >= 11 is 5.85. The number of carbonyl (C=O) groups excluding carboxylic acids is 2. The molecule has 0 spiro atoms. The molecule has 1 aromatic rings. The fraction of sp³-hybridized carbons (Fsp3) is 0.579. The molecule has 1 aliphatic rings. The summed E-state index contributed by atoms with van der Waals surface area (Å²) in [5.74, 6) is -0.404. The number of amides is 2. The van der Waals surface area contributed by atoms with Crippen LogP contribution in [0.5, 0.6) is 0 Å². The van der Waals surface area contributed by atoms with Crippen molar-refractivity contribution in [3.63, 3.8) is 0 Å². The molecule has 0 aromatic heterocycles. The summed E-state index contributed by atoms with van der Waals surface area (Å²) in [6.45, 7) is 9.60. The van der Waals surface area contributed by atoms with Crippen molar-refractivity contribution in [1.82, 2.24) is 20.9 Å². The molecule has 1 unspecified atom stereocenters. The van der Waals surface area contributed by atoms with Gasteiger partial charge in [0.05, 0.1) is 0 Å². The van der Waals surface area contributed by atoms with Crippen LogP contribution in [0.2, 0.25) is 5.02 Å². The largest absolute Gasteiger partial charge is 0.354 e. The topological polar surface area (TPSA) is 73.5 Å². The normalized spacial score (nSPS) is 15.7. The average molecular weight is 417 g/mol. The number of nitrogens with zero attached hydrogens (tertiary/aromatic N) is 1. The van der Waals surface area contributed by atoms with E-state index < -0.39 is 6.04 Å². The van der Waals surface area contributed by atoms with Gasteiger partial charge >= 0.3 is 0 Å². The Labute approximate surface area is 172 Å². The van der Waals surface area contributed by atoms with Crippen LogP contribution in [-0.4, -0.2) is 62.0 Å². The van der Waals surface area contributed by atoms with Crippen molar-refractivity contribution < 1.29 is 9.59 Å². The summed E-state index contributed by atoms with van der Waals surface area (Å²) in [7, 11) is 0. The van der Waals surface area contributed by atoms with Gasteiger partial charge in [-0.2, -0.15) is 0 Å². The van der Waals surface area contributed by atoms with Gasteiger partial charge < -0.3 is 20.9 Å². The monoisotopic (exact) mass is 416 g/mol. The molecule has 1 aliphatic heterocycles. The maximum absolute atomic E-state index is 12.5. The summed E-state index contributed by atoms with van der Waals surface area (Å²) in [4.78, 5) is 27.2. The van der Waals surface area contributed by atoms with E-state index in [-0.39, 0.29) is 30.1 Å². The Morgan fingerprint density at radius 3 is 2.41 bits per heavy atom. The minimum atomic E-state index is -0.558. The van der Waals surface area contributed by atoms with Crippen molar-refractivity contribution in [2.75, 3.05) is 39.3 Å². The summed E-state index contributed by atoms with van der Waals surface area (Å²) < 4.78 is 0. The smallest absolute Gasteiger partial charge is 0.251 e. The second-order valence-electron chi connectivity index (χ2n) is 6.94. The highest BCUT2D eigenvalue weighted by Gasteiger charge is 2.24. The fourth-order valence-electron chi connectivity index (χ4n) is 2.92. The van der Waals surface area contributed by atoms with Crippen LogP contribution in [0.4, 0.5) is 0 Å². The first-order valence-electron chi connectivity index (χ1n) is 9.24. The number of benzene rings is 1. The predicted octanol–water partition coefficient (Wildman–Crippen LogP) is 1.93. The van der Waals surface area contributed by atoms with E-state index in [0.29, 0.717) is 17.1 Å². The number of piperazine rings is 1. The van der Waals surface area contributed by atoms with Crippen molar-refractivity contribution in [2.24, 2.45) is 5.92 Å². The number of carbonyl (C=O) groups is 2. The number of hydrogen-bond acceptors (Lipinski definition) is 4. The van der Waals surface area contributed by atoms with Gasteiger partial charge in [-0.1, -0.05) is 25.4 Å². The van der Waals surface area contributed by atoms with Gasteiger partial charge in [-0.05, 0) is 43.1 Å². The lowest BCUT2D eigenvalue weighted by Crippen LogP contribution is -2.50. The van der Waals surface area contributed by atoms with E-state index in [1.54, 1.807) is 24.3 Å². The third-order valence-corrected chi connectivity index (χ3v) is 4.75. The van der Waals surface area contributed by atoms with E-state index in [2.05, 4.69) is 20.9 Å². The second kappa shape index (κ2) is 12.2. The molecule has 2 rings (SSSR count).